The summed E-state index contributed by atoms with van der Waals surface area (Å²) in [6.45, 7) is 2.34. The summed E-state index contributed by atoms with van der Waals surface area (Å²) in [6, 6.07) is 10.4. The molecule has 1 aromatic carbocycles. The molecule has 0 amide bonds. The maximum Gasteiger partial charge on any atom is 0.0345 e. The maximum absolute atomic E-state index is 3.35. The molecular formula is C13H18N2. The molecule has 0 spiro atoms. The van der Waals surface area contributed by atoms with E-state index >= 15 is 0 Å². The Labute approximate surface area is 91.3 Å². The Bertz CT molecular complexity index is 332. The lowest BCUT2D eigenvalue weighted by Crippen LogP contribution is -2.58. The van der Waals surface area contributed by atoms with Crippen molar-refractivity contribution in [2.24, 2.45) is 0 Å². The van der Waals surface area contributed by atoms with E-state index in [9.17, 15) is 0 Å². The largest absolute Gasteiger partial charge is 0.314 e. The van der Waals surface area contributed by atoms with Crippen molar-refractivity contribution in [3.63, 3.8) is 0 Å². The van der Waals surface area contributed by atoms with Gasteiger partial charge in [0.25, 0.3) is 0 Å². The number of nitrogens with one attached hydrogen (secondary N) is 1. The minimum Gasteiger partial charge on any atom is -0.314 e. The zero-order valence-corrected chi connectivity index (χ0v) is 9.24. The van der Waals surface area contributed by atoms with Crippen molar-refractivity contribution in [2.45, 2.75) is 24.9 Å². The first kappa shape index (κ1) is 9.37. The van der Waals surface area contributed by atoms with Crippen molar-refractivity contribution >= 4 is 0 Å². The van der Waals surface area contributed by atoms with E-state index < -0.39 is 0 Å². The molecule has 1 aliphatic heterocycles. The van der Waals surface area contributed by atoms with Gasteiger partial charge < -0.3 is 5.32 Å². The molecule has 2 heteroatoms. The Morgan fingerprint density at radius 3 is 2.13 bits per heavy atom. The zero-order chi connectivity index (χ0) is 10.3. The van der Waals surface area contributed by atoms with E-state index in [1.54, 1.807) is 11.1 Å². The van der Waals surface area contributed by atoms with Crippen LogP contribution in [-0.4, -0.2) is 37.1 Å². The SMILES string of the molecule is CN(C1CNC1)C1Cc2ccccc2C1. The molecular weight excluding hydrogens is 184 g/mol. The summed E-state index contributed by atoms with van der Waals surface area (Å²) in [6.07, 6.45) is 2.48. The van der Waals surface area contributed by atoms with Gasteiger partial charge in [0, 0.05) is 25.2 Å². The topological polar surface area (TPSA) is 15.3 Å². The predicted octanol–water partition coefficient (Wildman–Crippen LogP) is 1.06. The average Bonchev–Trinajstić information content (AvgIpc) is 2.58. The molecule has 2 nitrogen and oxygen atoms in total. The van der Waals surface area contributed by atoms with Crippen LogP contribution in [0.2, 0.25) is 0 Å². The van der Waals surface area contributed by atoms with Crippen LogP contribution in [0.15, 0.2) is 24.3 Å². The quantitative estimate of drug-likeness (QED) is 0.771. The van der Waals surface area contributed by atoms with Crippen molar-refractivity contribution in [1.82, 2.24) is 10.2 Å². The van der Waals surface area contributed by atoms with Crippen LogP contribution in [0.3, 0.4) is 0 Å². The lowest BCUT2D eigenvalue weighted by Gasteiger charge is -2.39. The number of hydrogen-bond acceptors (Lipinski definition) is 2. The van der Waals surface area contributed by atoms with E-state index in [2.05, 4.69) is 41.5 Å². The molecule has 15 heavy (non-hydrogen) atoms. The number of rotatable bonds is 2. The van der Waals surface area contributed by atoms with E-state index in [0.29, 0.717) is 0 Å². The van der Waals surface area contributed by atoms with E-state index in [-0.39, 0.29) is 0 Å². The van der Waals surface area contributed by atoms with Crippen LogP contribution in [0.1, 0.15) is 11.1 Å². The molecule has 0 atom stereocenters. The van der Waals surface area contributed by atoms with Crippen LogP contribution in [0.25, 0.3) is 0 Å². The Hall–Kier alpha value is -0.860. The Balaban J connectivity index is 1.72. The summed E-state index contributed by atoms with van der Waals surface area (Å²) in [4.78, 5) is 2.57. The summed E-state index contributed by atoms with van der Waals surface area (Å²) < 4.78 is 0. The fourth-order valence-electron chi connectivity index (χ4n) is 2.68. The van der Waals surface area contributed by atoms with Crippen molar-refractivity contribution in [1.29, 1.82) is 0 Å². The Morgan fingerprint density at radius 2 is 1.67 bits per heavy atom. The van der Waals surface area contributed by atoms with Gasteiger partial charge in [-0.05, 0) is 31.0 Å². The minimum atomic E-state index is 0.731. The molecule has 0 unspecified atom stereocenters. The van der Waals surface area contributed by atoms with Crippen molar-refractivity contribution in [2.75, 3.05) is 20.1 Å². The van der Waals surface area contributed by atoms with Gasteiger partial charge in [-0.3, -0.25) is 4.90 Å². The van der Waals surface area contributed by atoms with Gasteiger partial charge in [0.15, 0.2) is 0 Å². The molecule has 1 aliphatic carbocycles. The number of fused-ring (bicyclic) bond motifs is 1. The van der Waals surface area contributed by atoms with Crippen LogP contribution in [0.4, 0.5) is 0 Å². The zero-order valence-electron chi connectivity index (χ0n) is 9.24. The molecule has 3 rings (SSSR count). The Kier molecular flexibility index (Phi) is 2.26. The fraction of sp³-hybridized carbons (Fsp3) is 0.538. The highest BCUT2D eigenvalue weighted by Gasteiger charge is 2.31. The van der Waals surface area contributed by atoms with Crippen molar-refractivity contribution in [3.8, 4) is 0 Å². The minimum absolute atomic E-state index is 0.731. The number of likely N-dealkylation sites (N-methyl/N-ethyl adjacent to an activating group) is 1. The molecule has 1 N–H and O–H groups in total. The normalized spacial score (nSPS) is 21.7. The second-order valence-corrected chi connectivity index (χ2v) is 4.81. The van der Waals surface area contributed by atoms with Crippen LogP contribution >= 0.6 is 0 Å². The third-order valence-electron chi connectivity index (χ3n) is 3.94. The summed E-state index contributed by atoms with van der Waals surface area (Å²) in [7, 11) is 2.28. The van der Waals surface area contributed by atoms with Gasteiger partial charge in [0.05, 0.1) is 0 Å². The molecule has 0 saturated carbocycles. The fourth-order valence-corrected chi connectivity index (χ4v) is 2.68. The van der Waals surface area contributed by atoms with Gasteiger partial charge >= 0.3 is 0 Å². The number of benzene rings is 1. The average molecular weight is 202 g/mol. The summed E-state index contributed by atoms with van der Waals surface area (Å²) in [5, 5.41) is 3.35. The molecule has 2 aliphatic rings. The molecule has 1 heterocycles. The highest BCUT2D eigenvalue weighted by molar-refractivity contribution is 5.33. The standard InChI is InChI=1S/C13H18N2/c1-15(13-8-14-9-13)12-6-10-4-2-3-5-11(10)7-12/h2-5,12-14H,6-9H2,1H3. The predicted molar refractivity (Wildman–Crippen MR) is 62.1 cm³/mol. The lowest BCUT2D eigenvalue weighted by molar-refractivity contribution is 0.131. The Morgan fingerprint density at radius 1 is 1.07 bits per heavy atom. The summed E-state index contributed by atoms with van der Waals surface area (Å²) in [5.74, 6) is 0. The molecule has 0 radical (unpaired) electrons. The first-order chi connectivity index (χ1) is 7.34. The monoisotopic (exact) mass is 202 g/mol. The summed E-state index contributed by atoms with van der Waals surface area (Å²) >= 11 is 0. The number of nitrogens with zero attached hydrogens (tertiary/aromatic N) is 1. The molecule has 1 fully saturated rings. The summed E-state index contributed by atoms with van der Waals surface area (Å²) in [5.41, 5.74) is 3.11. The highest BCUT2D eigenvalue weighted by Crippen LogP contribution is 2.26. The highest BCUT2D eigenvalue weighted by atomic mass is 15.2. The van der Waals surface area contributed by atoms with Gasteiger partial charge in [-0.15, -0.1) is 0 Å². The van der Waals surface area contributed by atoms with Crippen LogP contribution < -0.4 is 5.32 Å². The third kappa shape index (κ3) is 1.58. The third-order valence-corrected chi connectivity index (χ3v) is 3.94. The lowest BCUT2D eigenvalue weighted by atomic mass is 10.1. The van der Waals surface area contributed by atoms with Crippen LogP contribution in [0, 0.1) is 0 Å². The van der Waals surface area contributed by atoms with E-state index in [4.69, 9.17) is 0 Å². The van der Waals surface area contributed by atoms with Crippen molar-refractivity contribution < 1.29 is 0 Å². The van der Waals surface area contributed by atoms with E-state index in [1.807, 2.05) is 0 Å². The first-order valence-electron chi connectivity index (χ1n) is 5.84. The first-order valence-corrected chi connectivity index (χ1v) is 5.84. The van der Waals surface area contributed by atoms with Gasteiger partial charge in [-0.25, -0.2) is 0 Å². The van der Waals surface area contributed by atoms with Gasteiger partial charge in [0.2, 0.25) is 0 Å². The molecule has 1 saturated heterocycles. The van der Waals surface area contributed by atoms with Crippen molar-refractivity contribution in [3.05, 3.63) is 35.4 Å². The smallest absolute Gasteiger partial charge is 0.0345 e. The van der Waals surface area contributed by atoms with E-state index in [1.165, 1.54) is 25.9 Å². The maximum atomic E-state index is 3.35. The van der Waals surface area contributed by atoms with Crippen LogP contribution in [0.5, 0.6) is 0 Å². The van der Waals surface area contributed by atoms with Gasteiger partial charge in [-0.1, -0.05) is 24.3 Å². The number of hydrogen-bond donors (Lipinski definition) is 1. The molecule has 1 aromatic rings. The van der Waals surface area contributed by atoms with Gasteiger partial charge in [-0.2, -0.15) is 0 Å². The second kappa shape index (κ2) is 3.62. The molecule has 0 bridgehead atoms. The van der Waals surface area contributed by atoms with Gasteiger partial charge in [0.1, 0.15) is 0 Å². The molecule has 0 aromatic heterocycles. The second-order valence-electron chi connectivity index (χ2n) is 4.81. The van der Waals surface area contributed by atoms with E-state index in [0.717, 1.165) is 12.1 Å². The van der Waals surface area contributed by atoms with Crippen LogP contribution in [-0.2, 0) is 12.8 Å². The molecule has 80 valence electrons.